The van der Waals surface area contributed by atoms with Crippen LogP contribution < -0.4 is 5.56 Å². The molecule has 1 aromatic heterocycles. The molecule has 0 saturated carbocycles. The van der Waals surface area contributed by atoms with E-state index in [-0.39, 0.29) is 11.2 Å². The highest BCUT2D eigenvalue weighted by Gasteiger charge is 2.14. The maximum atomic E-state index is 13.1. The molecule has 0 radical (unpaired) electrons. The molecule has 3 aromatic carbocycles. The fourth-order valence-electron chi connectivity index (χ4n) is 3.07. The van der Waals surface area contributed by atoms with Crippen molar-refractivity contribution in [1.29, 1.82) is 0 Å². The third-order valence-electron chi connectivity index (χ3n) is 4.37. The molecule has 0 aliphatic carbocycles. The monoisotopic (exact) mass is 357 g/mol. The lowest BCUT2D eigenvalue weighted by atomic mass is 10.1. The molecule has 6 nitrogen and oxygen atoms in total. The van der Waals surface area contributed by atoms with E-state index in [0.717, 1.165) is 5.56 Å². The first-order valence-electron chi connectivity index (χ1n) is 8.43. The molecule has 132 valence electrons. The number of hydrogen-bond acceptors (Lipinski definition) is 4. The van der Waals surface area contributed by atoms with Gasteiger partial charge in [-0.3, -0.25) is 19.5 Å². The minimum atomic E-state index is -0.462. The third kappa shape index (κ3) is 3.20. The number of fused-ring (bicyclic) bond motifs is 1. The molecule has 0 atom stereocenters. The van der Waals surface area contributed by atoms with Gasteiger partial charge in [-0.15, -0.1) is 0 Å². The molecule has 4 aromatic rings. The highest BCUT2D eigenvalue weighted by Crippen LogP contribution is 2.18. The lowest BCUT2D eigenvalue weighted by molar-refractivity contribution is -0.384. The Kier molecular flexibility index (Phi) is 4.22. The molecule has 0 fully saturated rings. The van der Waals surface area contributed by atoms with Crippen molar-refractivity contribution in [3.63, 3.8) is 0 Å². The van der Waals surface area contributed by atoms with E-state index in [9.17, 15) is 14.9 Å². The van der Waals surface area contributed by atoms with Crippen LogP contribution in [0.25, 0.3) is 16.6 Å². The van der Waals surface area contributed by atoms with Crippen molar-refractivity contribution in [2.75, 3.05) is 0 Å². The summed E-state index contributed by atoms with van der Waals surface area (Å²) in [6.45, 7) is 0. The standard InChI is InChI=1S/C21H15N3O3/c25-21-18-8-4-5-9-19(18)22-20(14-15-6-2-1-3-7-15)23(21)16-10-12-17(13-11-16)24(26)27/h1-13H,14H2. The topological polar surface area (TPSA) is 78.0 Å². The molecule has 1 heterocycles. The summed E-state index contributed by atoms with van der Waals surface area (Å²) in [6, 6.07) is 22.9. The van der Waals surface area contributed by atoms with Gasteiger partial charge in [0.15, 0.2) is 0 Å². The van der Waals surface area contributed by atoms with Crippen molar-refractivity contribution >= 4 is 16.6 Å². The van der Waals surface area contributed by atoms with E-state index in [1.54, 1.807) is 24.3 Å². The number of aromatic nitrogens is 2. The van der Waals surface area contributed by atoms with Crippen molar-refractivity contribution in [2.45, 2.75) is 6.42 Å². The van der Waals surface area contributed by atoms with Gasteiger partial charge in [-0.25, -0.2) is 4.98 Å². The van der Waals surface area contributed by atoms with E-state index in [1.807, 2.05) is 42.5 Å². The Labute approximate surface area is 154 Å². The zero-order valence-electron chi connectivity index (χ0n) is 14.3. The highest BCUT2D eigenvalue weighted by molar-refractivity contribution is 5.77. The van der Waals surface area contributed by atoms with E-state index in [2.05, 4.69) is 0 Å². The summed E-state index contributed by atoms with van der Waals surface area (Å²) in [7, 11) is 0. The number of non-ortho nitro benzene ring substituents is 1. The van der Waals surface area contributed by atoms with Gasteiger partial charge in [-0.1, -0.05) is 42.5 Å². The lowest BCUT2D eigenvalue weighted by Crippen LogP contribution is -2.24. The summed E-state index contributed by atoms with van der Waals surface area (Å²) in [4.78, 5) is 28.3. The van der Waals surface area contributed by atoms with Crippen LogP contribution in [-0.2, 0) is 6.42 Å². The summed E-state index contributed by atoms with van der Waals surface area (Å²) >= 11 is 0. The number of hydrogen-bond donors (Lipinski definition) is 0. The van der Waals surface area contributed by atoms with Crippen LogP contribution in [0.2, 0.25) is 0 Å². The Morgan fingerprint density at radius 1 is 0.889 bits per heavy atom. The largest absolute Gasteiger partial charge is 0.269 e. The molecule has 0 N–H and O–H groups in total. The van der Waals surface area contributed by atoms with Crippen LogP contribution in [0.3, 0.4) is 0 Å². The number of benzene rings is 3. The number of nitro benzene ring substituents is 1. The molecule has 0 bridgehead atoms. The van der Waals surface area contributed by atoms with Crippen LogP contribution >= 0.6 is 0 Å². The number of para-hydroxylation sites is 1. The van der Waals surface area contributed by atoms with Gasteiger partial charge in [0.1, 0.15) is 5.82 Å². The molecule has 0 spiro atoms. The van der Waals surface area contributed by atoms with Crippen molar-refractivity contribution in [3.05, 3.63) is 111 Å². The van der Waals surface area contributed by atoms with Crippen molar-refractivity contribution in [2.24, 2.45) is 0 Å². The van der Waals surface area contributed by atoms with Gasteiger partial charge in [0.25, 0.3) is 11.2 Å². The Morgan fingerprint density at radius 3 is 2.26 bits per heavy atom. The lowest BCUT2D eigenvalue weighted by Gasteiger charge is -2.14. The fraction of sp³-hybridized carbons (Fsp3) is 0.0476. The molecule has 0 amide bonds. The summed E-state index contributed by atoms with van der Waals surface area (Å²) in [5.74, 6) is 0.582. The SMILES string of the molecule is O=c1c2ccccc2nc(Cc2ccccc2)n1-c1ccc([N+](=O)[O-])cc1. The third-order valence-corrected chi connectivity index (χ3v) is 4.37. The maximum absolute atomic E-state index is 13.1. The van der Waals surface area contributed by atoms with Crippen LogP contribution in [0.5, 0.6) is 0 Å². The van der Waals surface area contributed by atoms with E-state index in [1.165, 1.54) is 16.7 Å². The molecule has 4 rings (SSSR count). The molecule has 0 unspecified atom stereocenters. The Morgan fingerprint density at radius 2 is 1.56 bits per heavy atom. The molecule has 0 aliphatic rings. The molecular formula is C21H15N3O3. The van der Waals surface area contributed by atoms with Crippen LogP contribution in [0.4, 0.5) is 5.69 Å². The Balaban J connectivity index is 1.93. The zero-order valence-corrected chi connectivity index (χ0v) is 14.3. The van der Waals surface area contributed by atoms with Gasteiger partial charge in [-0.2, -0.15) is 0 Å². The first kappa shape index (κ1) is 16.7. The van der Waals surface area contributed by atoms with E-state index < -0.39 is 4.92 Å². The average Bonchev–Trinajstić information content (AvgIpc) is 2.69. The predicted octanol–water partition coefficient (Wildman–Crippen LogP) is 3.88. The van der Waals surface area contributed by atoms with Crippen molar-refractivity contribution in [3.8, 4) is 5.69 Å². The van der Waals surface area contributed by atoms with Crippen molar-refractivity contribution < 1.29 is 4.92 Å². The Hall–Kier alpha value is -3.80. The summed E-state index contributed by atoms with van der Waals surface area (Å²) in [5.41, 5.74) is 1.99. The molecule has 0 saturated heterocycles. The predicted molar refractivity (Wildman–Crippen MR) is 103 cm³/mol. The minimum absolute atomic E-state index is 0.0230. The molecule has 6 heteroatoms. The van der Waals surface area contributed by atoms with Crippen LogP contribution in [0, 0.1) is 10.1 Å². The first-order valence-corrected chi connectivity index (χ1v) is 8.43. The summed E-state index contributed by atoms with van der Waals surface area (Å²) in [5, 5.41) is 11.4. The number of rotatable bonds is 4. The highest BCUT2D eigenvalue weighted by atomic mass is 16.6. The second kappa shape index (κ2) is 6.84. The van der Waals surface area contributed by atoms with Gasteiger partial charge in [0.05, 0.1) is 21.5 Å². The number of nitro groups is 1. The van der Waals surface area contributed by atoms with Gasteiger partial charge >= 0.3 is 0 Å². The van der Waals surface area contributed by atoms with Gasteiger partial charge in [-0.05, 0) is 29.8 Å². The first-order chi connectivity index (χ1) is 13.1. The smallest absolute Gasteiger partial charge is 0.268 e. The summed E-state index contributed by atoms with van der Waals surface area (Å²) in [6.07, 6.45) is 0.470. The normalized spacial score (nSPS) is 10.8. The van der Waals surface area contributed by atoms with Gasteiger partial charge < -0.3 is 0 Å². The minimum Gasteiger partial charge on any atom is -0.268 e. The summed E-state index contributed by atoms with van der Waals surface area (Å²) < 4.78 is 1.53. The van der Waals surface area contributed by atoms with E-state index >= 15 is 0 Å². The molecule has 27 heavy (non-hydrogen) atoms. The zero-order chi connectivity index (χ0) is 18.8. The van der Waals surface area contributed by atoms with Gasteiger partial charge in [0.2, 0.25) is 0 Å². The van der Waals surface area contributed by atoms with E-state index in [0.29, 0.717) is 28.8 Å². The fourth-order valence-corrected chi connectivity index (χ4v) is 3.07. The molecular weight excluding hydrogens is 342 g/mol. The second-order valence-electron chi connectivity index (χ2n) is 6.12. The van der Waals surface area contributed by atoms with Crippen LogP contribution in [0.1, 0.15) is 11.4 Å². The average molecular weight is 357 g/mol. The second-order valence-corrected chi connectivity index (χ2v) is 6.12. The van der Waals surface area contributed by atoms with E-state index in [4.69, 9.17) is 4.98 Å². The van der Waals surface area contributed by atoms with Gasteiger partial charge in [0, 0.05) is 18.6 Å². The van der Waals surface area contributed by atoms with Crippen molar-refractivity contribution in [1.82, 2.24) is 9.55 Å². The van der Waals surface area contributed by atoms with Crippen LogP contribution in [0.15, 0.2) is 83.7 Å². The quantitative estimate of drug-likeness (QED) is 0.410. The number of nitrogens with zero attached hydrogens (tertiary/aromatic N) is 3. The maximum Gasteiger partial charge on any atom is 0.269 e. The van der Waals surface area contributed by atoms with Crippen LogP contribution in [-0.4, -0.2) is 14.5 Å². The Bertz CT molecular complexity index is 1180. The molecule has 0 aliphatic heterocycles.